The molecular weight excluding hydrogens is 226 g/mol. The highest BCUT2D eigenvalue weighted by atomic mass is 16.5. The molecule has 0 spiro atoms. The molecule has 1 aromatic heterocycles. The number of aryl methyl sites for hydroxylation is 1. The highest BCUT2D eigenvalue weighted by molar-refractivity contribution is 5.31. The molecule has 1 atom stereocenters. The van der Waals surface area contributed by atoms with Gasteiger partial charge in [0.15, 0.2) is 0 Å². The number of hydrogen-bond donors (Lipinski definition) is 1. The van der Waals surface area contributed by atoms with Gasteiger partial charge in [0.25, 0.3) is 0 Å². The average Bonchev–Trinajstić information content (AvgIpc) is 2.71. The second kappa shape index (κ2) is 6.23. The standard InChI is InChI=1S/C14H25N3O/c1-11-9-17(13-7-5-4-6-8-13)14(15-11)16-12(2)10-18-3/h9,12-13H,4-8,10H2,1-3H3,(H,15,16). The van der Waals surface area contributed by atoms with E-state index in [4.69, 9.17) is 4.74 Å². The van der Waals surface area contributed by atoms with E-state index in [1.807, 2.05) is 0 Å². The summed E-state index contributed by atoms with van der Waals surface area (Å²) in [5.41, 5.74) is 1.09. The zero-order valence-electron chi connectivity index (χ0n) is 11.8. The number of imidazole rings is 1. The number of methoxy groups -OCH3 is 1. The molecule has 102 valence electrons. The van der Waals surface area contributed by atoms with Gasteiger partial charge in [0, 0.05) is 25.4 Å². The van der Waals surface area contributed by atoms with E-state index < -0.39 is 0 Å². The van der Waals surface area contributed by atoms with E-state index in [0.29, 0.717) is 18.7 Å². The smallest absolute Gasteiger partial charge is 0.203 e. The summed E-state index contributed by atoms with van der Waals surface area (Å²) in [6, 6.07) is 0.913. The molecule has 1 unspecified atom stereocenters. The Morgan fingerprint density at radius 3 is 2.83 bits per heavy atom. The van der Waals surface area contributed by atoms with E-state index in [9.17, 15) is 0 Å². The third-order valence-corrected chi connectivity index (χ3v) is 3.61. The average molecular weight is 251 g/mol. The van der Waals surface area contributed by atoms with Gasteiger partial charge in [-0.2, -0.15) is 0 Å². The van der Waals surface area contributed by atoms with Crippen molar-refractivity contribution in [3.8, 4) is 0 Å². The van der Waals surface area contributed by atoms with Crippen LogP contribution in [0.5, 0.6) is 0 Å². The Bertz CT molecular complexity index is 369. The van der Waals surface area contributed by atoms with Gasteiger partial charge in [-0.15, -0.1) is 0 Å². The topological polar surface area (TPSA) is 39.1 Å². The van der Waals surface area contributed by atoms with Gasteiger partial charge in [0.2, 0.25) is 5.95 Å². The summed E-state index contributed by atoms with van der Waals surface area (Å²) in [6.07, 6.45) is 8.81. The fraction of sp³-hybridized carbons (Fsp3) is 0.786. The molecule has 0 radical (unpaired) electrons. The molecule has 0 aliphatic heterocycles. The van der Waals surface area contributed by atoms with Crippen LogP contribution < -0.4 is 5.32 Å². The summed E-state index contributed by atoms with van der Waals surface area (Å²) in [5, 5.41) is 3.46. The Balaban J connectivity index is 2.09. The molecule has 1 heterocycles. The van der Waals surface area contributed by atoms with Crippen LogP contribution >= 0.6 is 0 Å². The predicted octanol–water partition coefficient (Wildman–Crippen LogP) is 3.14. The van der Waals surface area contributed by atoms with Gasteiger partial charge >= 0.3 is 0 Å². The molecule has 1 N–H and O–H groups in total. The Morgan fingerprint density at radius 1 is 1.44 bits per heavy atom. The molecule has 1 aromatic rings. The van der Waals surface area contributed by atoms with Crippen LogP contribution in [0, 0.1) is 6.92 Å². The highest BCUT2D eigenvalue weighted by Gasteiger charge is 2.19. The summed E-state index contributed by atoms with van der Waals surface area (Å²) >= 11 is 0. The predicted molar refractivity (Wildman–Crippen MR) is 74.0 cm³/mol. The van der Waals surface area contributed by atoms with E-state index in [0.717, 1.165) is 11.6 Å². The fourth-order valence-corrected chi connectivity index (χ4v) is 2.77. The van der Waals surface area contributed by atoms with Crippen LogP contribution in [-0.4, -0.2) is 29.3 Å². The number of anilines is 1. The summed E-state index contributed by atoms with van der Waals surface area (Å²) in [5.74, 6) is 1.00. The number of nitrogens with zero attached hydrogens (tertiary/aromatic N) is 2. The first kappa shape index (κ1) is 13.4. The zero-order valence-corrected chi connectivity index (χ0v) is 11.8. The number of hydrogen-bond acceptors (Lipinski definition) is 3. The Kier molecular flexibility index (Phi) is 4.64. The van der Waals surface area contributed by atoms with E-state index in [1.165, 1.54) is 32.1 Å². The van der Waals surface area contributed by atoms with Crippen molar-refractivity contribution >= 4 is 5.95 Å². The first-order valence-electron chi connectivity index (χ1n) is 7.01. The minimum absolute atomic E-state index is 0.291. The van der Waals surface area contributed by atoms with Crippen molar-refractivity contribution in [2.45, 2.75) is 58.0 Å². The minimum atomic E-state index is 0.291. The van der Waals surface area contributed by atoms with E-state index in [1.54, 1.807) is 7.11 Å². The van der Waals surface area contributed by atoms with Gasteiger partial charge in [0.05, 0.1) is 12.3 Å². The lowest BCUT2D eigenvalue weighted by Gasteiger charge is -2.25. The largest absolute Gasteiger partial charge is 0.383 e. The molecule has 4 nitrogen and oxygen atoms in total. The van der Waals surface area contributed by atoms with Crippen molar-refractivity contribution in [2.75, 3.05) is 19.0 Å². The van der Waals surface area contributed by atoms with Gasteiger partial charge < -0.3 is 14.6 Å². The van der Waals surface area contributed by atoms with E-state index in [-0.39, 0.29) is 0 Å². The quantitative estimate of drug-likeness (QED) is 0.873. The second-order valence-electron chi connectivity index (χ2n) is 5.41. The van der Waals surface area contributed by atoms with Gasteiger partial charge in [-0.05, 0) is 26.7 Å². The number of ether oxygens (including phenoxy) is 1. The van der Waals surface area contributed by atoms with Gasteiger partial charge in [-0.1, -0.05) is 19.3 Å². The fourth-order valence-electron chi connectivity index (χ4n) is 2.77. The normalized spacial score (nSPS) is 18.8. The lowest BCUT2D eigenvalue weighted by molar-refractivity contribution is 0.190. The molecule has 4 heteroatoms. The highest BCUT2D eigenvalue weighted by Crippen LogP contribution is 2.30. The minimum Gasteiger partial charge on any atom is -0.383 e. The maximum absolute atomic E-state index is 5.17. The Morgan fingerprint density at radius 2 is 2.17 bits per heavy atom. The van der Waals surface area contributed by atoms with Crippen molar-refractivity contribution in [3.05, 3.63) is 11.9 Å². The van der Waals surface area contributed by atoms with Crippen LogP contribution in [0.25, 0.3) is 0 Å². The summed E-state index contributed by atoms with van der Waals surface area (Å²) in [4.78, 5) is 4.60. The van der Waals surface area contributed by atoms with Crippen LogP contribution in [0.4, 0.5) is 5.95 Å². The summed E-state index contributed by atoms with van der Waals surface area (Å²) < 4.78 is 7.50. The van der Waals surface area contributed by atoms with Gasteiger partial charge in [0.1, 0.15) is 0 Å². The molecular formula is C14H25N3O. The lowest BCUT2D eigenvalue weighted by Crippen LogP contribution is -2.24. The molecule has 2 rings (SSSR count). The molecule has 1 aliphatic carbocycles. The van der Waals surface area contributed by atoms with E-state index >= 15 is 0 Å². The van der Waals surface area contributed by atoms with Crippen LogP contribution in [-0.2, 0) is 4.74 Å². The molecule has 1 aliphatic rings. The molecule has 1 fully saturated rings. The molecule has 0 saturated heterocycles. The monoisotopic (exact) mass is 251 g/mol. The summed E-state index contributed by atoms with van der Waals surface area (Å²) in [7, 11) is 1.73. The van der Waals surface area contributed by atoms with Crippen molar-refractivity contribution in [1.29, 1.82) is 0 Å². The molecule has 0 aromatic carbocycles. The second-order valence-corrected chi connectivity index (χ2v) is 5.41. The Labute approximate surface area is 110 Å². The zero-order chi connectivity index (χ0) is 13.0. The lowest BCUT2D eigenvalue weighted by atomic mass is 9.95. The number of nitrogens with one attached hydrogen (secondary N) is 1. The maximum Gasteiger partial charge on any atom is 0.203 e. The summed E-state index contributed by atoms with van der Waals surface area (Å²) in [6.45, 7) is 4.89. The molecule has 0 bridgehead atoms. The molecule has 18 heavy (non-hydrogen) atoms. The first-order valence-corrected chi connectivity index (χ1v) is 7.01. The van der Waals surface area contributed by atoms with Crippen molar-refractivity contribution in [3.63, 3.8) is 0 Å². The molecule has 1 saturated carbocycles. The SMILES string of the molecule is COCC(C)Nc1nc(C)cn1C1CCCCC1. The van der Waals surface area contributed by atoms with Gasteiger partial charge in [-0.25, -0.2) is 4.98 Å². The van der Waals surface area contributed by atoms with Crippen molar-refractivity contribution < 1.29 is 4.74 Å². The number of aromatic nitrogens is 2. The third kappa shape index (κ3) is 3.25. The van der Waals surface area contributed by atoms with Crippen LogP contribution in [0.15, 0.2) is 6.20 Å². The van der Waals surface area contributed by atoms with Crippen LogP contribution in [0.1, 0.15) is 50.8 Å². The van der Waals surface area contributed by atoms with Crippen molar-refractivity contribution in [1.82, 2.24) is 9.55 Å². The third-order valence-electron chi connectivity index (χ3n) is 3.61. The maximum atomic E-state index is 5.17. The van der Waals surface area contributed by atoms with Gasteiger partial charge in [-0.3, -0.25) is 0 Å². The Hall–Kier alpha value is -1.03. The number of rotatable bonds is 5. The van der Waals surface area contributed by atoms with Crippen LogP contribution in [0.2, 0.25) is 0 Å². The van der Waals surface area contributed by atoms with E-state index in [2.05, 4.69) is 34.9 Å². The first-order chi connectivity index (χ1) is 8.70. The molecule has 0 amide bonds. The van der Waals surface area contributed by atoms with Crippen molar-refractivity contribution in [2.24, 2.45) is 0 Å². The van der Waals surface area contributed by atoms with Crippen LogP contribution in [0.3, 0.4) is 0 Å².